The lowest BCUT2D eigenvalue weighted by atomic mass is 9.98. The molecule has 0 aliphatic carbocycles. The van der Waals surface area contributed by atoms with Crippen molar-refractivity contribution in [3.05, 3.63) is 46.8 Å². The highest BCUT2D eigenvalue weighted by atomic mass is 16.5. The molecule has 1 aliphatic heterocycles. The van der Waals surface area contributed by atoms with Crippen molar-refractivity contribution in [2.24, 2.45) is 0 Å². The predicted octanol–water partition coefficient (Wildman–Crippen LogP) is 0.890. The fourth-order valence-corrected chi connectivity index (χ4v) is 2.74. The monoisotopic (exact) mass is 310 g/mol. The molecule has 2 heterocycles. The van der Waals surface area contributed by atoms with Crippen molar-refractivity contribution in [2.45, 2.75) is 13.0 Å². The Morgan fingerprint density at radius 1 is 1.48 bits per heavy atom. The average molecular weight is 310 g/mol. The molecule has 116 valence electrons. The number of esters is 1. The summed E-state index contributed by atoms with van der Waals surface area (Å²) in [6.45, 7) is 0.428. The number of rotatable bonds is 2. The fourth-order valence-electron chi connectivity index (χ4n) is 2.74. The van der Waals surface area contributed by atoms with Gasteiger partial charge in [0, 0.05) is 18.4 Å². The number of methoxy groups -OCH3 is 1. The number of nitriles is 1. The Morgan fingerprint density at radius 2 is 2.26 bits per heavy atom. The molecule has 23 heavy (non-hydrogen) atoms. The number of nitrogens with zero attached hydrogens (tertiary/aromatic N) is 2. The van der Waals surface area contributed by atoms with E-state index >= 15 is 0 Å². The van der Waals surface area contributed by atoms with Crippen LogP contribution >= 0.6 is 0 Å². The molecule has 2 aromatic rings. The van der Waals surface area contributed by atoms with Crippen molar-refractivity contribution >= 4 is 17.6 Å². The first-order valence-electron chi connectivity index (χ1n) is 6.94. The van der Waals surface area contributed by atoms with Crippen LogP contribution in [0.2, 0.25) is 0 Å². The van der Waals surface area contributed by atoms with Gasteiger partial charge in [0.05, 0.1) is 24.8 Å². The first kappa shape index (κ1) is 14.7. The van der Waals surface area contributed by atoms with Gasteiger partial charge in [0.15, 0.2) is 5.69 Å². The number of anilines is 1. The number of carbonyl (C=O) groups excluding carboxylic acids is 2. The summed E-state index contributed by atoms with van der Waals surface area (Å²) in [6, 6.07) is 7.48. The molecule has 0 saturated heterocycles. The molecule has 1 aliphatic rings. The van der Waals surface area contributed by atoms with Gasteiger partial charge in [-0.3, -0.25) is 4.79 Å². The summed E-state index contributed by atoms with van der Waals surface area (Å²) in [5, 5.41) is 12.0. The summed E-state index contributed by atoms with van der Waals surface area (Å²) in [7, 11) is 1.25. The molecule has 0 spiro atoms. The van der Waals surface area contributed by atoms with Gasteiger partial charge in [-0.15, -0.1) is 0 Å². The molecule has 0 bridgehead atoms. The van der Waals surface area contributed by atoms with Crippen LogP contribution in [0, 0.1) is 11.3 Å². The van der Waals surface area contributed by atoms with Crippen molar-refractivity contribution in [3.8, 4) is 11.8 Å². The lowest BCUT2D eigenvalue weighted by molar-refractivity contribution is -0.121. The minimum atomic E-state index is -0.637. The lowest BCUT2D eigenvalue weighted by Gasteiger charge is -2.21. The Bertz CT molecular complexity index is 861. The molecule has 1 aromatic carbocycles. The molecule has 1 amide bonds. The van der Waals surface area contributed by atoms with Gasteiger partial charge < -0.3 is 20.4 Å². The molecule has 3 N–H and O–H groups in total. The maximum absolute atomic E-state index is 12.1. The van der Waals surface area contributed by atoms with E-state index in [0.717, 1.165) is 11.1 Å². The summed E-state index contributed by atoms with van der Waals surface area (Å²) in [5.74, 6) is -0.730. The molecule has 1 aromatic heterocycles. The molecule has 0 unspecified atom stereocenters. The largest absolute Gasteiger partial charge is 0.464 e. The van der Waals surface area contributed by atoms with Crippen LogP contribution < -0.4 is 11.1 Å². The van der Waals surface area contributed by atoms with Crippen LogP contribution in [0.5, 0.6) is 0 Å². The van der Waals surface area contributed by atoms with Gasteiger partial charge in [-0.25, -0.2) is 4.79 Å². The van der Waals surface area contributed by atoms with E-state index in [1.54, 1.807) is 6.07 Å². The zero-order valence-corrected chi connectivity index (χ0v) is 12.4. The number of carbonyl (C=O) groups is 2. The zero-order chi connectivity index (χ0) is 16.6. The number of fused-ring (bicyclic) bond motifs is 1. The van der Waals surface area contributed by atoms with E-state index < -0.39 is 5.97 Å². The van der Waals surface area contributed by atoms with Crippen molar-refractivity contribution < 1.29 is 14.3 Å². The van der Waals surface area contributed by atoms with Gasteiger partial charge >= 0.3 is 5.97 Å². The number of nitrogen functional groups attached to an aromatic ring is 1. The van der Waals surface area contributed by atoms with Gasteiger partial charge in [0.25, 0.3) is 0 Å². The number of aromatic nitrogens is 1. The van der Waals surface area contributed by atoms with Crippen LogP contribution in [-0.4, -0.2) is 23.6 Å². The van der Waals surface area contributed by atoms with E-state index in [2.05, 4.69) is 5.32 Å². The van der Waals surface area contributed by atoms with E-state index in [1.807, 2.05) is 18.2 Å². The minimum Gasteiger partial charge on any atom is -0.464 e. The third-order valence-corrected chi connectivity index (χ3v) is 3.86. The van der Waals surface area contributed by atoms with Gasteiger partial charge in [-0.05, 0) is 17.2 Å². The highest BCUT2D eigenvalue weighted by molar-refractivity contribution is 5.96. The number of hydrogen-bond donors (Lipinski definition) is 2. The molecule has 0 atom stereocenters. The molecule has 7 nitrogen and oxygen atoms in total. The summed E-state index contributed by atoms with van der Waals surface area (Å²) < 4.78 is 6.30. The smallest absolute Gasteiger partial charge is 0.357 e. The number of nitrogens with two attached hydrogens (primary N) is 1. The Balaban J connectivity index is 2.26. The summed E-state index contributed by atoms with van der Waals surface area (Å²) in [4.78, 5) is 23.8. The third kappa shape index (κ3) is 2.30. The first-order valence-corrected chi connectivity index (χ1v) is 6.94. The minimum absolute atomic E-state index is 0.0669. The van der Waals surface area contributed by atoms with E-state index in [9.17, 15) is 14.9 Å². The Kier molecular flexibility index (Phi) is 3.50. The topological polar surface area (TPSA) is 110 Å². The molecular weight excluding hydrogens is 296 g/mol. The maximum Gasteiger partial charge on any atom is 0.357 e. The average Bonchev–Trinajstić information content (AvgIpc) is 2.90. The second kappa shape index (κ2) is 5.50. The predicted molar refractivity (Wildman–Crippen MR) is 81.8 cm³/mol. The summed E-state index contributed by atoms with van der Waals surface area (Å²) in [5.41, 5.74) is 8.66. The number of benzene rings is 1. The highest BCUT2D eigenvalue weighted by Crippen LogP contribution is 2.29. The number of ether oxygens (including phenoxy) is 1. The molecule has 3 rings (SSSR count). The van der Waals surface area contributed by atoms with Crippen LogP contribution in [-0.2, 0) is 22.5 Å². The van der Waals surface area contributed by atoms with Crippen molar-refractivity contribution in [1.82, 2.24) is 9.88 Å². The number of nitrogens with one attached hydrogen (secondary N) is 1. The van der Waals surface area contributed by atoms with E-state index in [1.165, 1.54) is 17.9 Å². The summed E-state index contributed by atoms with van der Waals surface area (Å²) >= 11 is 0. The van der Waals surface area contributed by atoms with Crippen molar-refractivity contribution in [3.63, 3.8) is 0 Å². The van der Waals surface area contributed by atoms with E-state index in [4.69, 9.17) is 10.5 Å². The number of hydrogen-bond acceptors (Lipinski definition) is 5. The third-order valence-electron chi connectivity index (χ3n) is 3.86. The van der Waals surface area contributed by atoms with Crippen LogP contribution in [0.15, 0.2) is 24.4 Å². The number of amides is 1. The normalized spacial score (nSPS) is 13.0. The Hall–Kier alpha value is -3.27. The SMILES string of the molecule is COC(=O)c1c(N)c(C#N)cn1-c1cccc2c1CC(=O)NC2. The van der Waals surface area contributed by atoms with Crippen LogP contribution in [0.25, 0.3) is 5.69 Å². The van der Waals surface area contributed by atoms with E-state index in [-0.39, 0.29) is 29.3 Å². The first-order chi connectivity index (χ1) is 11.1. The maximum atomic E-state index is 12.1. The van der Waals surface area contributed by atoms with Crippen molar-refractivity contribution in [2.75, 3.05) is 12.8 Å². The van der Waals surface area contributed by atoms with Gasteiger partial charge in [-0.1, -0.05) is 12.1 Å². The summed E-state index contributed by atoms with van der Waals surface area (Å²) in [6.07, 6.45) is 1.69. The van der Waals surface area contributed by atoms with Crippen LogP contribution in [0.1, 0.15) is 27.2 Å². The van der Waals surface area contributed by atoms with Gasteiger partial charge in [0.1, 0.15) is 6.07 Å². The highest BCUT2D eigenvalue weighted by Gasteiger charge is 2.25. The van der Waals surface area contributed by atoms with Crippen LogP contribution in [0.4, 0.5) is 5.69 Å². The van der Waals surface area contributed by atoms with E-state index in [0.29, 0.717) is 12.2 Å². The van der Waals surface area contributed by atoms with Crippen molar-refractivity contribution in [1.29, 1.82) is 5.26 Å². The van der Waals surface area contributed by atoms with Crippen LogP contribution in [0.3, 0.4) is 0 Å². The molecule has 0 fully saturated rings. The molecule has 7 heteroatoms. The zero-order valence-electron chi connectivity index (χ0n) is 12.4. The molecule has 0 saturated carbocycles. The molecule has 0 radical (unpaired) electrons. The second-order valence-electron chi connectivity index (χ2n) is 5.15. The Labute approximate surface area is 132 Å². The Morgan fingerprint density at radius 3 is 2.96 bits per heavy atom. The fraction of sp³-hybridized carbons (Fsp3) is 0.188. The lowest BCUT2D eigenvalue weighted by Crippen LogP contribution is -2.31. The second-order valence-corrected chi connectivity index (χ2v) is 5.15. The quantitative estimate of drug-likeness (QED) is 0.800. The van der Waals surface area contributed by atoms with Gasteiger partial charge in [-0.2, -0.15) is 5.26 Å². The van der Waals surface area contributed by atoms with Gasteiger partial charge in [0.2, 0.25) is 5.91 Å². The molecular formula is C16H14N4O3. The standard InChI is InChI=1S/C16H14N4O3/c1-23-16(22)15-14(18)10(6-17)8-20(15)12-4-2-3-9-7-19-13(21)5-11(9)12/h2-4,8H,5,7,18H2,1H3,(H,19,21).